The molecule has 0 saturated carbocycles. The third kappa shape index (κ3) is 1.80. The Hall–Kier alpha value is -2.54. The lowest BCUT2D eigenvalue weighted by molar-refractivity contribution is -0.383. The van der Waals surface area contributed by atoms with Crippen molar-refractivity contribution in [3.63, 3.8) is 0 Å². The van der Waals surface area contributed by atoms with Gasteiger partial charge >= 0.3 is 5.69 Å². The number of hydrogen-bond donors (Lipinski definition) is 1. The van der Waals surface area contributed by atoms with Gasteiger partial charge in [0.2, 0.25) is 5.82 Å². The highest BCUT2D eigenvalue weighted by Gasteiger charge is 2.23. The maximum atomic E-state index is 11.1. The third-order valence-electron chi connectivity index (χ3n) is 2.77. The van der Waals surface area contributed by atoms with Crippen LogP contribution in [0.2, 0.25) is 0 Å². The molecule has 1 aromatic carbocycles. The van der Waals surface area contributed by atoms with Crippen LogP contribution in [0.1, 0.15) is 0 Å². The number of nitrogen functional groups attached to an aromatic ring is 1. The first-order chi connectivity index (χ1) is 9.18. The average Bonchev–Trinajstić information content (AvgIpc) is 2.85. The van der Waals surface area contributed by atoms with E-state index in [1.54, 1.807) is 6.07 Å². The first kappa shape index (κ1) is 11.5. The van der Waals surface area contributed by atoms with Crippen LogP contribution in [0.3, 0.4) is 0 Å². The Kier molecular flexibility index (Phi) is 2.60. The topological polar surface area (TPSA) is 94.9 Å². The van der Waals surface area contributed by atoms with Gasteiger partial charge in [0, 0.05) is 10.3 Å². The number of aromatic nitrogens is 2. The Morgan fingerprint density at radius 3 is 2.89 bits per heavy atom. The highest BCUT2D eigenvalue weighted by atomic mass is 32.1. The number of nitro groups is 1. The molecular formula is C12H8N4O2S. The van der Waals surface area contributed by atoms with Gasteiger partial charge < -0.3 is 5.73 Å². The van der Waals surface area contributed by atoms with E-state index in [4.69, 9.17) is 5.73 Å². The molecule has 0 aliphatic carbocycles. The first-order valence-corrected chi connectivity index (χ1v) is 6.28. The quantitative estimate of drug-likeness (QED) is 0.571. The standard InChI is InChI=1S/C12H8N4O2S/c13-12-10(16(17)18)9(14-6-15-12)8-3-1-2-7-4-5-19-11(7)8/h1-6H,(H2,13,14,15). The summed E-state index contributed by atoms with van der Waals surface area (Å²) in [4.78, 5) is 18.3. The molecule has 2 aromatic heterocycles. The molecular weight excluding hydrogens is 264 g/mol. The molecule has 0 aliphatic rings. The lowest BCUT2D eigenvalue weighted by Gasteiger charge is -2.04. The normalized spacial score (nSPS) is 10.7. The number of benzene rings is 1. The van der Waals surface area contributed by atoms with Crippen molar-refractivity contribution in [2.24, 2.45) is 0 Å². The van der Waals surface area contributed by atoms with E-state index in [2.05, 4.69) is 9.97 Å². The van der Waals surface area contributed by atoms with Gasteiger partial charge in [-0.3, -0.25) is 10.1 Å². The highest BCUT2D eigenvalue weighted by molar-refractivity contribution is 7.17. The molecule has 3 rings (SSSR count). The predicted molar refractivity (Wildman–Crippen MR) is 73.9 cm³/mol. The zero-order valence-electron chi connectivity index (χ0n) is 9.61. The summed E-state index contributed by atoms with van der Waals surface area (Å²) in [5, 5.41) is 14.1. The zero-order chi connectivity index (χ0) is 13.4. The summed E-state index contributed by atoms with van der Waals surface area (Å²) >= 11 is 1.51. The monoisotopic (exact) mass is 272 g/mol. The van der Waals surface area contributed by atoms with Crippen LogP contribution in [0.15, 0.2) is 36.0 Å². The first-order valence-electron chi connectivity index (χ1n) is 5.40. The van der Waals surface area contributed by atoms with Crippen molar-refractivity contribution in [2.75, 3.05) is 5.73 Å². The molecule has 19 heavy (non-hydrogen) atoms. The van der Waals surface area contributed by atoms with Crippen LogP contribution >= 0.6 is 11.3 Å². The van der Waals surface area contributed by atoms with E-state index in [0.717, 1.165) is 10.1 Å². The van der Waals surface area contributed by atoms with Gasteiger partial charge in [-0.05, 0) is 16.8 Å². The molecule has 0 unspecified atom stereocenters. The number of nitrogens with zero attached hydrogens (tertiary/aromatic N) is 3. The van der Waals surface area contributed by atoms with Gasteiger partial charge in [-0.2, -0.15) is 0 Å². The zero-order valence-corrected chi connectivity index (χ0v) is 10.4. The summed E-state index contributed by atoms with van der Waals surface area (Å²) < 4.78 is 0.948. The van der Waals surface area contributed by atoms with Crippen LogP contribution < -0.4 is 5.73 Å². The molecule has 0 bridgehead atoms. The molecule has 0 atom stereocenters. The van der Waals surface area contributed by atoms with Crippen molar-refractivity contribution in [1.29, 1.82) is 0 Å². The van der Waals surface area contributed by atoms with Gasteiger partial charge in [-0.1, -0.05) is 18.2 Å². The minimum Gasteiger partial charge on any atom is -0.378 e. The molecule has 0 aliphatic heterocycles. The van der Waals surface area contributed by atoms with Crippen molar-refractivity contribution >= 4 is 32.9 Å². The van der Waals surface area contributed by atoms with E-state index >= 15 is 0 Å². The molecule has 0 fully saturated rings. The summed E-state index contributed by atoms with van der Waals surface area (Å²) in [6.07, 6.45) is 1.24. The van der Waals surface area contributed by atoms with E-state index in [1.807, 2.05) is 23.6 Å². The molecule has 0 amide bonds. The Morgan fingerprint density at radius 1 is 1.26 bits per heavy atom. The summed E-state index contributed by atoms with van der Waals surface area (Å²) in [6.45, 7) is 0. The lowest BCUT2D eigenvalue weighted by atomic mass is 10.1. The van der Waals surface area contributed by atoms with Crippen molar-refractivity contribution < 1.29 is 4.92 Å². The maximum absolute atomic E-state index is 11.1. The fourth-order valence-corrected chi connectivity index (χ4v) is 2.86. The summed E-state index contributed by atoms with van der Waals surface area (Å²) in [6, 6.07) is 7.55. The summed E-state index contributed by atoms with van der Waals surface area (Å²) in [5.74, 6) is -0.122. The molecule has 0 saturated heterocycles. The van der Waals surface area contributed by atoms with Gasteiger partial charge in [-0.15, -0.1) is 11.3 Å². The van der Waals surface area contributed by atoms with Gasteiger partial charge in [0.25, 0.3) is 0 Å². The molecule has 0 radical (unpaired) electrons. The second kappa shape index (κ2) is 4.29. The van der Waals surface area contributed by atoms with Crippen molar-refractivity contribution in [2.45, 2.75) is 0 Å². The van der Waals surface area contributed by atoms with Crippen LogP contribution in [0.4, 0.5) is 11.5 Å². The molecule has 6 nitrogen and oxygen atoms in total. The van der Waals surface area contributed by atoms with Crippen LogP contribution in [0.5, 0.6) is 0 Å². The van der Waals surface area contributed by atoms with E-state index in [0.29, 0.717) is 5.56 Å². The van der Waals surface area contributed by atoms with Crippen molar-refractivity contribution in [1.82, 2.24) is 9.97 Å². The molecule has 7 heteroatoms. The fourth-order valence-electron chi connectivity index (χ4n) is 1.95. The minimum absolute atomic E-state index is 0.122. The Morgan fingerprint density at radius 2 is 2.11 bits per heavy atom. The largest absolute Gasteiger partial charge is 0.378 e. The lowest BCUT2D eigenvalue weighted by Crippen LogP contribution is -2.02. The number of anilines is 1. The van der Waals surface area contributed by atoms with E-state index in [-0.39, 0.29) is 17.2 Å². The fraction of sp³-hybridized carbons (Fsp3) is 0. The van der Waals surface area contributed by atoms with Crippen LogP contribution in [0, 0.1) is 10.1 Å². The number of thiophene rings is 1. The summed E-state index contributed by atoms with van der Waals surface area (Å²) in [5.41, 5.74) is 6.30. The van der Waals surface area contributed by atoms with Gasteiger partial charge in [0.15, 0.2) is 5.69 Å². The Labute approximate surface area is 111 Å². The molecule has 0 spiro atoms. The van der Waals surface area contributed by atoms with Crippen LogP contribution in [-0.2, 0) is 0 Å². The molecule has 2 heterocycles. The van der Waals surface area contributed by atoms with E-state index in [9.17, 15) is 10.1 Å². The minimum atomic E-state index is -0.545. The van der Waals surface area contributed by atoms with Crippen molar-refractivity contribution in [3.05, 3.63) is 46.1 Å². The van der Waals surface area contributed by atoms with Gasteiger partial charge in [0.1, 0.15) is 6.33 Å². The Bertz CT molecular complexity index is 784. The second-order valence-corrected chi connectivity index (χ2v) is 4.77. The van der Waals surface area contributed by atoms with Gasteiger partial charge in [-0.25, -0.2) is 9.97 Å². The molecule has 94 valence electrons. The summed E-state index contributed by atoms with van der Waals surface area (Å²) in [7, 11) is 0. The highest BCUT2D eigenvalue weighted by Crippen LogP contribution is 2.37. The van der Waals surface area contributed by atoms with Gasteiger partial charge in [0.05, 0.1) is 4.92 Å². The smallest absolute Gasteiger partial charge is 0.337 e. The second-order valence-electron chi connectivity index (χ2n) is 3.86. The molecule has 3 aromatic rings. The van der Waals surface area contributed by atoms with Crippen molar-refractivity contribution in [3.8, 4) is 11.3 Å². The third-order valence-corrected chi connectivity index (χ3v) is 3.73. The van der Waals surface area contributed by atoms with E-state index in [1.165, 1.54) is 17.7 Å². The predicted octanol–water partition coefficient (Wildman–Crippen LogP) is 2.85. The number of nitrogens with two attached hydrogens (primary N) is 1. The average molecular weight is 272 g/mol. The number of hydrogen-bond acceptors (Lipinski definition) is 6. The number of fused-ring (bicyclic) bond motifs is 1. The number of rotatable bonds is 2. The SMILES string of the molecule is Nc1ncnc(-c2cccc3ccsc23)c1[N+](=O)[O-]. The Balaban J connectivity index is 2.36. The van der Waals surface area contributed by atoms with E-state index < -0.39 is 4.92 Å². The van der Waals surface area contributed by atoms with Crippen LogP contribution in [-0.4, -0.2) is 14.9 Å². The van der Waals surface area contributed by atoms with Crippen LogP contribution in [0.25, 0.3) is 21.3 Å². The molecule has 2 N–H and O–H groups in total. The maximum Gasteiger partial charge on any atom is 0.337 e.